The molecule has 3 heterocycles. The summed E-state index contributed by atoms with van der Waals surface area (Å²) in [6.45, 7) is 2.67. The zero-order valence-electron chi connectivity index (χ0n) is 13.8. The molecule has 0 spiro atoms. The number of morpholine rings is 1. The summed E-state index contributed by atoms with van der Waals surface area (Å²) in [5, 5.41) is 0.155. The summed E-state index contributed by atoms with van der Waals surface area (Å²) < 4.78 is 17.4. The normalized spacial score (nSPS) is 16.1. The van der Waals surface area contributed by atoms with Crippen LogP contribution in [0.2, 0.25) is 5.28 Å². The molecule has 24 heavy (non-hydrogen) atoms. The first-order valence-corrected chi connectivity index (χ1v) is 9.55. The molecule has 3 rings (SSSR count). The van der Waals surface area contributed by atoms with Gasteiger partial charge in [-0.3, -0.25) is 0 Å². The third kappa shape index (κ3) is 3.33. The first-order chi connectivity index (χ1) is 11.5. The van der Waals surface area contributed by atoms with Gasteiger partial charge in [0.05, 0.1) is 27.4 Å². The van der Waals surface area contributed by atoms with Crippen molar-refractivity contribution in [2.45, 2.75) is 6.16 Å². The van der Waals surface area contributed by atoms with Gasteiger partial charge >= 0.3 is 7.94 Å². The van der Waals surface area contributed by atoms with Crippen molar-refractivity contribution < 1.29 is 18.7 Å². The fraction of sp³-hybridized carbons (Fsp3) is 0.615. The van der Waals surface area contributed by atoms with Crippen LogP contribution >= 0.6 is 19.5 Å². The van der Waals surface area contributed by atoms with Crippen LogP contribution in [0.25, 0.3) is 11.2 Å². The van der Waals surface area contributed by atoms with Crippen molar-refractivity contribution in [1.29, 1.82) is 0 Å². The zero-order chi connectivity index (χ0) is 17.3. The minimum Gasteiger partial charge on any atom is -0.378 e. The van der Waals surface area contributed by atoms with E-state index >= 15 is 0 Å². The van der Waals surface area contributed by atoms with Crippen molar-refractivity contribution in [3.05, 3.63) is 11.1 Å². The summed E-state index contributed by atoms with van der Waals surface area (Å²) in [7, 11) is 1.64. The summed E-state index contributed by atoms with van der Waals surface area (Å²) in [6.07, 6.45) is 0.146. The predicted molar refractivity (Wildman–Crippen MR) is 91.2 cm³/mol. The number of aryl methyl sites for hydroxylation is 1. The molecule has 132 valence electrons. The minimum atomic E-state index is -2.99. The van der Waals surface area contributed by atoms with Gasteiger partial charge in [0.1, 0.15) is 0 Å². The van der Waals surface area contributed by atoms with Gasteiger partial charge in [-0.2, -0.15) is 23.9 Å². The van der Waals surface area contributed by atoms with Gasteiger partial charge < -0.3 is 14.2 Å². The molecule has 0 atom stereocenters. The van der Waals surface area contributed by atoms with Gasteiger partial charge in [0.25, 0.3) is 0 Å². The first-order valence-electron chi connectivity index (χ1n) is 7.41. The highest BCUT2D eigenvalue weighted by Crippen LogP contribution is 2.58. The molecule has 0 amide bonds. The third-order valence-corrected chi connectivity index (χ3v) is 5.98. The van der Waals surface area contributed by atoms with Gasteiger partial charge in [0.2, 0.25) is 5.28 Å². The molecule has 0 aliphatic carbocycles. The Morgan fingerprint density at radius 2 is 1.88 bits per heavy atom. The van der Waals surface area contributed by atoms with Gasteiger partial charge in [-0.05, 0) is 11.6 Å². The standard InChI is InChI=1S/C13H20ClN5O4P/c1-18-9(8-24(20,21-2)22-3)15-10-11(18)16-13(14)17-12(10)19-4-6-23-7-5-19/h20H,4-8H2,1-3H3/q+1. The van der Waals surface area contributed by atoms with Crippen molar-refractivity contribution in [3.8, 4) is 0 Å². The van der Waals surface area contributed by atoms with Crippen molar-refractivity contribution in [3.63, 3.8) is 0 Å². The molecule has 0 unspecified atom stereocenters. The largest absolute Gasteiger partial charge is 0.416 e. The SMILES string of the molecule is CO[P+](O)(Cc1nc2c(N3CCOCC3)nc(Cl)nc2n1C)OC. The molecule has 0 aromatic carbocycles. The number of imidazole rings is 1. The molecule has 2 aromatic heterocycles. The smallest absolute Gasteiger partial charge is 0.378 e. The molecule has 1 aliphatic rings. The number of hydrogen-bond acceptors (Lipinski definition) is 8. The molecule has 2 aromatic rings. The van der Waals surface area contributed by atoms with E-state index < -0.39 is 7.94 Å². The molecule has 0 saturated carbocycles. The van der Waals surface area contributed by atoms with E-state index in [-0.39, 0.29) is 11.4 Å². The molecule has 1 saturated heterocycles. The maximum Gasteiger partial charge on any atom is 0.416 e. The van der Waals surface area contributed by atoms with Gasteiger partial charge in [0.15, 0.2) is 29.0 Å². The van der Waals surface area contributed by atoms with E-state index in [2.05, 4.69) is 19.9 Å². The van der Waals surface area contributed by atoms with Crippen LogP contribution in [0.15, 0.2) is 0 Å². The molecular weight excluding hydrogens is 357 g/mol. The monoisotopic (exact) mass is 376 g/mol. The van der Waals surface area contributed by atoms with Crippen LogP contribution in [0, 0.1) is 0 Å². The molecule has 11 heteroatoms. The van der Waals surface area contributed by atoms with Crippen LogP contribution in [0.4, 0.5) is 5.82 Å². The van der Waals surface area contributed by atoms with E-state index in [1.165, 1.54) is 14.2 Å². The Morgan fingerprint density at radius 1 is 1.21 bits per heavy atom. The topological polar surface area (TPSA) is 94.8 Å². The lowest BCUT2D eigenvalue weighted by molar-refractivity contribution is 0.122. The van der Waals surface area contributed by atoms with E-state index in [0.29, 0.717) is 49.1 Å². The van der Waals surface area contributed by atoms with Crippen LogP contribution < -0.4 is 4.90 Å². The van der Waals surface area contributed by atoms with E-state index in [1.807, 2.05) is 7.05 Å². The first kappa shape index (κ1) is 17.7. The molecule has 0 bridgehead atoms. The summed E-state index contributed by atoms with van der Waals surface area (Å²) >= 11 is 6.10. The number of nitrogens with zero attached hydrogens (tertiary/aromatic N) is 5. The Labute approximate surface area is 145 Å². The fourth-order valence-electron chi connectivity index (χ4n) is 2.59. The minimum absolute atomic E-state index is 0.146. The molecule has 1 aliphatic heterocycles. The summed E-state index contributed by atoms with van der Waals surface area (Å²) in [5.74, 6) is 1.27. The Morgan fingerprint density at radius 3 is 2.50 bits per heavy atom. The number of aromatic nitrogens is 4. The predicted octanol–water partition coefficient (Wildman–Crippen LogP) is 1.40. The lowest BCUT2D eigenvalue weighted by Crippen LogP contribution is -2.37. The maximum atomic E-state index is 10.3. The summed E-state index contributed by atoms with van der Waals surface area (Å²) in [6, 6.07) is 0. The van der Waals surface area contributed by atoms with Gasteiger partial charge in [-0.15, -0.1) is 0 Å². The Kier molecular flexibility index (Phi) is 5.19. The number of anilines is 1. The van der Waals surface area contributed by atoms with Crippen molar-refractivity contribution in [1.82, 2.24) is 19.5 Å². The Hall–Kier alpha value is -1.09. The number of ether oxygens (including phenoxy) is 1. The average Bonchev–Trinajstić information content (AvgIpc) is 2.91. The third-order valence-electron chi connectivity index (χ3n) is 3.99. The van der Waals surface area contributed by atoms with Crippen LogP contribution in [0.3, 0.4) is 0 Å². The van der Waals surface area contributed by atoms with Crippen molar-refractivity contribution >= 4 is 36.5 Å². The van der Waals surface area contributed by atoms with E-state index in [9.17, 15) is 4.89 Å². The highest BCUT2D eigenvalue weighted by molar-refractivity contribution is 7.59. The number of hydrogen-bond donors (Lipinski definition) is 1. The second-order valence-electron chi connectivity index (χ2n) is 5.34. The van der Waals surface area contributed by atoms with Gasteiger partial charge in [-0.1, -0.05) is 0 Å². The Balaban J connectivity index is 2.06. The van der Waals surface area contributed by atoms with E-state index in [0.717, 1.165) is 0 Å². The highest BCUT2D eigenvalue weighted by Gasteiger charge is 2.40. The molecule has 1 fully saturated rings. The van der Waals surface area contributed by atoms with Crippen molar-refractivity contribution in [2.75, 3.05) is 45.4 Å². The molecule has 0 radical (unpaired) electrons. The van der Waals surface area contributed by atoms with Gasteiger partial charge in [-0.25, -0.2) is 4.98 Å². The average molecular weight is 377 g/mol. The quantitative estimate of drug-likeness (QED) is 0.618. The Bertz CT molecular complexity index is 733. The summed E-state index contributed by atoms with van der Waals surface area (Å²) in [4.78, 5) is 25.6. The van der Waals surface area contributed by atoms with Gasteiger partial charge in [0, 0.05) is 20.1 Å². The molecule has 1 N–H and O–H groups in total. The maximum absolute atomic E-state index is 10.3. The fourth-order valence-corrected chi connectivity index (χ4v) is 3.79. The van der Waals surface area contributed by atoms with Crippen LogP contribution in [0.1, 0.15) is 5.82 Å². The lowest BCUT2D eigenvalue weighted by Gasteiger charge is -2.27. The highest BCUT2D eigenvalue weighted by atomic mass is 35.5. The number of halogens is 1. The zero-order valence-corrected chi connectivity index (χ0v) is 15.4. The van der Waals surface area contributed by atoms with E-state index in [4.69, 9.17) is 25.4 Å². The second-order valence-corrected chi connectivity index (χ2v) is 8.00. The molecule has 9 nitrogen and oxygen atoms in total. The lowest BCUT2D eigenvalue weighted by atomic mass is 10.4. The van der Waals surface area contributed by atoms with Crippen LogP contribution in [0.5, 0.6) is 0 Å². The van der Waals surface area contributed by atoms with Crippen molar-refractivity contribution in [2.24, 2.45) is 7.05 Å². The number of fused-ring (bicyclic) bond motifs is 1. The van der Waals surface area contributed by atoms with E-state index in [1.54, 1.807) is 4.57 Å². The van der Waals surface area contributed by atoms with Crippen LogP contribution in [-0.2, 0) is 27.0 Å². The van der Waals surface area contributed by atoms with Crippen LogP contribution in [-0.4, -0.2) is 64.9 Å². The number of rotatable bonds is 5. The molecular formula is C13H20ClN5O4P+. The second kappa shape index (κ2) is 7.03. The summed E-state index contributed by atoms with van der Waals surface area (Å²) in [5.41, 5.74) is 1.24.